The molecular formula is C20H32O4. The average molecular weight is 336 g/mol. The third-order valence-corrected chi connectivity index (χ3v) is 6.86. The van der Waals surface area contributed by atoms with Crippen molar-refractivity contribution in [2.45, 2.75) is 71.5 Å². The van der Waals surface area contributed by atoms with Crippen LogP contribution in [0, 0.1) is 22.7 Å². The molecule has 2 rings (SSSR count). The van der Waals surface area contributed by atoms with Crippen molar-refractivity contribution >= 4 is 5.97 Å². The van der Waals surface area contributed by atoms with Crippen molar-refractivity contribution in [2.75, 3.05) is 0 Å². The summed E-state index contributed by atoms with van der Waals surface area (Å²) in [6.07, 6.45) is 6.14. The number of fused-ring (bicyclic) bond motifs is 1. The van der Waals surface area contributed by atoms with Crippen LogP contribution < -0.4 is 0 Å². The molecule has 0 aromatic heterocycles. The van der Waals surface area contributed by atoms with Gasteiger partial charge in [0.2, 0.25) is 0 Å². The van der Waals surface area contributed by atoms with E-state index in [0.717, 1.165) is 24.8 Å². The largest absolute Gasteiger partial charge is 0.481 e. The topological polar surface area (TPSA) is 77.8 Å². The summed E-state index contributed by atoms with van der Waals surface area (Å²) in [5, 5.41) is 30.4. The number of carboxylic acids is 1. The van der Waals surface area contributed by atoms with E-state index in [1.54, 1.807) is 19.9 Å². The van der Waals surface area contributed by atoms with Crippen molar-refractivity contribution in [1.29, 1.82) is 0 Å². The van der Waals surface area contributed by atoms with Gasteiger partial charge in [-0.3, -0.25) is 4.79 Å². The van der Waals surface area contributed by atoms with E-state index in [-0.39, 0.29) is 17.8 Å². The fraction of sp³-hybridized carbons (Fsp3) is 0.750. The lowest BCUT2D eigenvalue weighted by molar-refractivity contribution is -0.154. The zero-order valence-electron chi connectivity index (χ0n) is 15.4. The van der Waals surface area contributed by atoms with Gasteiger partial charge in [-0.15, -0.1) is 6.58 Å². The molecule has 0 aromatic rings. The van der Waals surface area contributed by atoms with Gasteiger partial charge in [0.15, 0.2) is 0 Å². The third kappa shape index (κ3) is 3.18. The van der Waals surface area contributed by atoms with Crippen LogP contribution in [0.4, 0.5) is 0 Å². The number of aliphatic hydroxyl groups excluding tert-OH is 1. The van der Waals surface area contributed by atoms with Crippen LogP contribution in [0.25, 0.3) is 0 Å². The smallest absolute Gasteiger partial charge is 0.310 e. The molecule has 0 heterocycles. The van der Waals surface area contributed by atoms with Gasteiger partial charge >= 0.3 is 5.97 Å². The number of hydrogen-bond acceptors (Lipinski definition) is 3. The molecule has 2 aliphatic rings. The Balaban J connectivity index is 2.40. The van der Waals surface area contributed by atoms with Gasteiger partial charge in [0, 0.05) is 0 Å². The predicted octanol–water partition coefficient (Wildman–Crippen LogP) is 3.54. The van der Waals surface area contributed by atoms with Crippen molar-refractivity contribution in [3.63, 3.8) is 0 Å². The van der Waals surface area contributed by atoms with Gasteiger partial charge in [-0.1, -0.05) is 31.6 Å². The van der Waals surface area contributed by atoms with E-state index in [1.807, 2.05) is 6.08 Å². The molecule has 0 spiro atoms. The lowest BCUT2D eigenvalue weighted by Gasteiger charge is -2.53. The first-order chi connectivity index (χ1) is 11.0. The zero-order valence-corrected chi connectivity index (χ0v) is 15.4. The fourth-order valence-electron chi connectivity index (χ4n) is 4.63. The molecule has 0 aromatic carbocycles. The second kappa shape index (κ2) is 6.30. The monoisotopic (exact) mass is 336 g/mol. The number of aliphatic hydroxyl groups is 2. The highest BCUT2D eigenvalue weighted by atomic mass is 16.4. The summed E-state index contributed by atoms with van der Waals surface area (Å²) in [4.78, 5) is 11.9. The molecule has 2 aliphatic carbocycles. The Bertz CT molecular complexity index is 550. The maximum absolute atomic E-state index is 11.9. The van der Waals surface area contributed by atoms with E-state index < -0.39 is 23.1 Å². The van der Waals surface area contributed by atoms with Crippen LogP contribution in [-0.4, -0.2) is 33.0 Å². The van der Waals surface area contributed by atoms with Crippen molar-refractivity contribution in [3.8, 4) is 0 Å². The minimum Gasteiger partial charge on any atom is -0.481 e. The second-order valence-electron chi connectivity index (χ2n) is 8.63. The van der Waals surface area contributed by atoms with E-state index in [4.69, 9.17) is 0 Å². The number of rotatable bonds is 5. The van der Waals surface area contributed by atoms with Crippen LogP contribution in [0.15, 0.2) is 24.3 Å². The second-order valence-corrected chi connectivity index (χ2v) is 8.63. The van der Waals surface area contributed by atoms with Gasteiger partial charge < -0.3 is 15.3 Å². The van der Waals surface area contributed by atoms with E-state index in [9.17, 15) is 20.1 Å². The maximum Gasteiger partial charge on any atom is 0.310 e. The molecule has 136 valence electrons. The van der Waals surface area contributed by atoms with Gasteiger partial charge in [0.1, 0.15) is 0 Å². The van der Waals surface area contributed by atoms with Crippen LogP contribution in [0.2, 0.25) is 0 Å². The first kappa shape index (κ1) is 19.2. The van der Waals surface area contributed by atoms with Crippen LogP contribution in [0.3, 0.4) is 0 Å². The minimum absolute atomic E-state index is 0.0479. The number of allylic oxidation sites excluding steroid dienone is 1. The van der Waals surface area contributed by atoms with Crippen LogP contribution in [-0.2, 0) is 4.79 Å². The van der Waals surface area contributed by atoms with Crippen molar-refractivity contribution < 1.29 is 20.1 Å². The maximum atomic E-state index is 11.9. The summed E-state index contributed by atoms with van der Waals surface area (Å²) >= 11 is 0. The first-order valence-corrected chi connectivity index (χ1v) is 8.96. The molecule has 1 fully saturated rings. The molecule has 0 saturated heterocycles. The van der Waals surface area contributed by atoms with E-state index >= 15 is 0 Å². The molecule has 24 heavy (non-hydrogen) atoms. The summed E-state index contributed by atoms with van der Waals surface area (Å²) in [5.41, 5.74) is -0.996. The Morgan fingerprint density at radius 2 is 2.08 bits per heavy atom. The van der Waals surface area contributed by atoms with Crippen LogP contribution in [0.1, 0.15) is 59.8 Å². The molecule has 3 N–H and O–H groups in total. The SMILES string of the molecule is C=C[C@](C)(O)CC[C@]1(C)C2=C[C@@H](O)C[C@](C)(C(=O)O)[C@H]2CC[C@H]1C. The van der Waals surface area contributed by atoms with Gasteiger partial charge in [-0.05, 0) is 63.2 Å². The molecule has 6 atom stereocenters. The summed E-state index contributed by atoms with van der Waals surface area (Å²) < 4.78 is 0. The quantitative estimate of drug-likeness (QED) is 0.671. The molecule has 0 radical (unpaired) electrons. The fourth-order valence-corrected chi connectivity index (χ4v) is 4.63. The van der Waals surface area contributed by atoms with Gasteiger partial charge in [0.25, 0.3) is 0 Å². The van der Waals surface area contributed by atoms with Crippen LogP contribution in [0.5, 0.6) is 0 Å². The van der Waals surface area contributed by atoms with Crippen molar-refractivity contribution in [1.82, 2.24) is 0 Å². The molecule has 0 bridgehead atoms. The molecule has 1 saturated carbocycles. The molecular weight excluding hydrogens is 304 g/mol. The summed E-state index contributed by atoms with van der Waals surface area (Å²) in [6.45, 7) is 11.6. The van der Waals surface area contributed by atoms with E-state index in [2.05, 4.69) is 20.4 Å². The standard InChI is InChI=1S/C20H32O4/c1-6-18(3,24)9-10-19(4)13(2)7-8-15-16(19)11-14(21)12-20(15,5)17(22)23/h6,11,13-15,21,24H,1,7-10,12H2,2-5H3,(H,22,23)/t13-,14-,15+,18+,19+,20+/m1/s1. The lowest BCUT2D eigenvalue weighted by Crippen LogP contribution is -2.50. The van der Waals surface area contributed by atoms with Crippen molar-refractivity contribution in [3.05, 3.63) is 24.3 Å². The normalized spacial score (nSPS) is 41.8. The van der Waals surface area contributed by atoms with E-state index in [1.165, 1.54) is 0 Å². The average Bonchev–Trinajstić information content (AvgIpc) is 2.49. The summed E-state index contributed by atoms with van der Waals surface area (Å²) in [5.74, 6) is -0.496. The Labute approximate surface area is 145 Å². The van der Waals surface area contributed by atoms with E-state index in [0.29, 0.717) is 12.3 Å². The molecule has 0 amide bonds. The highest BCUT2D eigenvalue weighted by Crippen LogP contribution is 2.58. The molecule has 0 unspecified atom stereocenters. The summed E-state index contributed by atoms with van der Waals surface area (Å²) in [6, 6.07) is 0. The number of aliphatic carboxylic acids is 1. The van der Waals surface area contributed by atoms with Crippen LogP contribution >= 0.6 is 0 Å². The summed E-state index contributed by atoms with van der Waals surface area (Å²) in [7, 11) is 0. The number of carbonyl (C=O) groups is 1. The zero-order chi connectivity index (χ0) is 18.3. The Kier molecular flexibility index (Phi) is 5.04. The van der Waals surface area contributed by atoms with Gasteiger partial charge in [-0.2, -0.15) is 0 Å². The predicted molar refractivity (Wildman–Crippen MR) is 94.5 cm³/mol. The first-order valence-electron chi connectivity index (χ1n) is 8.96. The lowest BCUT2D eigenvalue weighted by atomic mass is 9.51. The van der Waals surface area contributed by atoms with Gasteiger partial charge in [-0.25, -0.2) is 0 Å². The highest BCUT2D eigenvalue weighted by molar-refractivity contribution is 5.76. The highest BCUT2D eigenvalue weighted by Gasteiger charge is 2.54. The third-order valence-electron chi connectivity index (χ3n) is 6.86. The molecule has 4 heteroatoms. The molecule has 4 nitrogen and oxygen atoms in total. The molecule has 0 aliphatic heterocycles. The Hall–Kier alpha value is -1.13. The Morgan fingerprint density at radius 3 is 2.62 bits per heavy atom. The number of carboxylic acid groups (broad SMARTS) is 1. The minimum atomic E-state index is -0.931. The Morgan fingerprint density at radius 1 is 1.46 bits per heavy atom. The van der Waals surface area contributed by atoms with Crippen molar-refractivity contribution in [2.24, 2.45) is 22.7 Å². The van der Waals surface area contributed by atoms with Gasteiger partial charge in [0.05, 0.1) is 17.1 Å². The number of hydrogen-bond donors (Lipinski definition) is 3.